The molecular weight excluding hydrogens is 422 g/mol. The predicted octanol–water partition coefficient (Wildman–Crippen LogP) is -0.242. The fourth-order valence-electron chi connectivity index (χ4n) is 3.83. The number of nitrogens with two attached hydrogens (primary N) is 1. The Bertz CT molecular complexity index is 1160. The Morgan fingerprint density at radius 3 is 2.72 bits per heavy atom. The summed E-state index contributed by atoms with van der Waals surface area (Å²) in [4.78, 5) is 55.9. The van der Waals surface area contributed by atoms with Crippen LogP contribution in [-0.2, 0) is 9.59 Å². The van der Waals surface area contributed by atoms with E-state index in [-0.39, 0.29) is 29.7 Å². The predicted molar refractivity (Wildman–Crippen MR) is 114 cm³/mol. The lowest BCUT2D eigenvalue weighted by Gasteiger charge is -2.42. The Morgan fingerprint density at radius 1 is 1.25 bits per heavy atom. The third kappa shape index (κ3) is 3.87. The summed E-state index contributed by atoms with van der Waals surface area (Å²) in [6, 6.07) is 3.23. The van der Waals surface area contributed by atoms with Crippen molar-refractivity contribution in [1.82, 2.24) is 15.3 Å². The van der Waals surface area contributed by atoms with Crippen LogP contribution >= 0.6 is 0 Å². The Kier molecular flexibility index (Phi) is 5.30. The molecule has 13 nitrogen and oxygen atoms in total. The summed E-state index contributed by atoms with van der Waals surface area (Å²) >= 11 is 0. The highest BCUT2D eigenvalue weighted by Crippen LogP contribution is 2.41. The molecule has 13 heteroatoms. The molecule has 32 heavy (non-hydrogen) atoms. The zero-order valence-electron chi connectivity index (χ0n) is 16.7. The molecule has 0 fully saturated rings. The highest BCUT2D eigenvalue weighted by atomic mass is 16.4. The van der Waals surface area contributed by atoms with E-state index < -0.39 is 35.9 Å². The van der Waals surface area contributed by atoms with Gasteiger partial charge in [0.15, 0.2) is 5.69 Å². The van der Waals surface area contributed by atoms with Gasteiger partial charge in [0.05, 0.1) is 17.4 Å². The van der Waals surface area contributed by atoms with Crippen LogP contribution in [0.4, 0.5) is 28.8 Å². The first-order chi connectivity index (χ1) is 15.2. The molecule has 0 radical (unpaired) electrons. The Balaban J connectivity index is 1.67. The van der Waals surface area contributed by atoms with Gasteiger partial charge in [-0.1, -0.05) is 0 Å². The van der Waals surface area contributed by atoms with E-state index in [0.717, 1.165) is 0 Å². The number of nitrogens with zero attached hydrogens (tertiary/aromatic N) is 2. The molecule has 2 atom stereocenters. The van der Waals surface area contributed by atoms with Crippen molar-refractivity contribution < 1.29 is 24.6 Å². The van der Waals surface area contributed by atoms with Crippen molar-refractivity contribution in [3.63, 3.8) is 0 Å². The summed E-state index contributed by atoms with van der Waals surface area (Å²) in [5.41, 5.74) is 6.77. The van der Waals surface area contributed by atoms with Crippen LogP contribution in [0.1, 0.15) is 23.2 Å². The summed E-state index contributed by atoms with van der Waals surface area (Å²) in [6.07, 6.45) is -0.651. The smallest absolute Gasteiger partial charge is 0.326 e. The number of hydrogen-bond acceptors (Lipinski definition) is 9. The van der Waals surface area contributed by atoms with Crippen LogP contribution in [0.2, 0.25) is 0 Å². The second-order valence-corrected chi connectivity index (χ2v) is 7.47. The van der Waals surface area contributed by atoms with Crippen LogP contribution in [0, 0.1) is 0 Å². The maximum atomic E-state index is 12.7. The zero-order chi connectivity index (χ0) is 23.0. The Labute approximate surface area is 180 Å². The lowest BCUT2D eigenvalue weighted by molar-refractivity contribution is -0.140. The summed E-state index contributed by atoms with van der Waals surface area (Å²) in [5, 5.41) is 26.8. The van der Waals surface area contributed by atoms with E-state index >= 15 is 0 Å². The van der Waals surface area contributed by atoms with Gasteiger partial charge >= 0.3 is 17.5 Å². The summed E-state index contributed by atoms with van der Waals surface area (Å²) in [7, 11) is 0. The Morgan fingerprint density at radius 2 is 2.00 bits per heavy atom. The summed E-state index contributed by atoms with van der Waals surface area (Å²) in [5.74, 6) is -2.77. The number of carboxylic acids is 2. The first kappa shape index (κ1) is 21.0. The van der Waals surface area contributed by atoms with Gasteiger partial charge in [0.25, 0.3) is 5.91 Å². The first-order valence-electron chi connectivity index (χ1n) is 9.81. The third-order valence-electron chi connectivity index (χ3n) is 5.33. The molecule has 0 unspecified atom stereocenters. The van der Waals surface area contributed by atoms with Gasteiger partial charge in [0, 0.05) is 25.1 Å². The molecule has 1 amide bonds. The molecule has 0 spiro atoms. The molecule has 0 saturated carbocycles. The van der Waals surface area contributed by atoms with Gasteiger partial charge in [-0.2, -0.15) is 4.98 Å². The van der Waals surface area contributed by atoms with Crippen LogP contribution in [-0.4, -0.2) is 63.2 Å². The van der Waals surface area contributed by atoms with Gasteiger partial charge in [-0.3, -0.25) is 14.4 Å². The number of nitrogens with one attached hydrogen (secondary N) is 4. The van der Waals surface area contributed by atoms with Crippen LogP contribution in [0.15, 0.2) is 23.0 Å². The van der Waals surface area contributed by atoms with E-state index in [1.165, 1.54) is 6.07 Å². The van der Waals surface area contributed by atoms with E-state index in [2.05, 4.69) is 25.9 Å². The van der Waals surface area contributed by atoms with Gasteiger partial charge in [0.2, 0.25) is 5.95 Å². The van der Waals surface area contributed by atoms with Crippen LogP contribution in [0.25, 0.3) is 0 Å². The Hall–Kier alpha value is -4.29. The van der Waals surface area contributed by atoms with Crippen molar-refractivity contribution in [1.29, 1.82) is 0 Å². The molecule has 1 aromatic carbocycles. The molecular formula is C19H21N7O6. The number of aliphatic carboxylic acids is 2. The minimum Gasteiger partial charge on any atom is -0.481 e. The van der Waals surface area contributed by atoms with Crippen LogP contribution in [0.3, 0.4) is 0 Å². The van der Waals surface area contributed by atoms with Crippen molar-refractivity contribution in [3.05, 3.63) is 34.1 Å². The fourth-order valence-corrected chi connectivity index (χ4v) is 3.83. The normalized spacial score (nSPS) is 17.0. The van der Waals surface area contributed by atoms with Gasteiger partial charge in [-0.05, 0) is 24.6 Å². The molecule has 2 aliphatic heterocycles. The second-order valence-electron chi connectivity index (χ2n) is 7.47. The number of hydrogen-bond donors (Lipinski definition) is 7. The first-order valence-corrected chi connectivity index (χ1v) is 9.81. The second kappa shape index (κ2) is 8.09. The van der Waals surface area contributed by atoms with Gasteiger partial charge in [0.1, 0.15) is 11.9 Å². The van der Waals surface area contributed by atoms with E-state index in [1.807, 2.05) is 0 Å². The molecule has 168 valence electrons. The molecule has 0 saturated heterocycles. The van der Waals surface area contributed by atoms with Crippen molar-refractivity contribution in [2.45, 2.75) is 24.9 Å². The molecule has 0 aliphatic carbocycles. The van der Waals surface area contributed by atoms with Crippen molar-refractivity contribution in [2.75, 3.05) is 34.4 Å². The summed E-state index contributed by atoms with van der Waals surface area (Å²) in [6.45, 7) is 1.02. The number of nitrogen functional groups attached to an aromatic ring is 1. The number of carbonyl (C=O) groups excluding carboxylic acids is 1. The molecule has 1 aromatic heterocycles. The number of rotatable bonds is 6. The molecule has 4 rings (SSSR count). The number of aromatic amines is 1. The number of fused-ring (bicyclic) bond motifs is 5. The number of carboxylic acid groups (broad SMARTS) is 2. The number of H-pyrrole nitrogens is 1. The molecule has 0 bridgehead atoms. The molecule has 3 heterocycles. The molecule has 2 aromatic rings. The fraction of sp³-hybridized carbons (Fsp3) is 0.316. The SMILES string of the molecule is Nc1nc(=O)c2c([nH]1)NC[C@@H]1CNc3ccc(C(=O)N[C@@H](CCC(=O)O)C(=O)O)cc3N21. The van der Waals surface area contributed by atoms with Gasteiger partial charge < -0.3 is 41.8 Å². The van der Waals surface area contributed by atoms with Gasteiger partial charge in [-0.15, -0.1) is 0 Å². The third-order valence-corrected chi connectivity index (χ3v) is 5.33. The maximum absolute atomic E-state index is 12.7. The summed E-state index contributed by atoms with van der Waals surface area (Å²) < 4.78 is 0. The molecule has 8 N–H and O–H groups in total. The zero-order valence-corrected chi connectivity index (χ0v) is 16.7. The average molecular weight is 443 g/mol. The number of amides is 1. The lowest BCUT2D eigenvalue weighted by Crippen LogP contribution is -2.50. The number of benzene rings is 1. The van der Waals surface area contributed by atoms with E-state index in [4.69, 9.17) is 10.8 Å². The topological polar surface area (TPSA) is 203 Å². The monoisotopic (exact) mass is 443 g/mol. The van der Waals surface area contributed by atoms with Crippen LogP contribution < -0.4 is 32.1 Å². The highest BCUT2D eigenvalue weighted by Gasteiger charge is 2.35. The minimum atomic E-state index is -1.35. The van der Waals surface area contributed by atoms with E-state index in [0.29, 0.717) is 30.3 Å². The van der Waals surface area contributed by atoms with Crippen LogP contribution in [0.5, 0.6) is 0 Å². The standard InChI is InChI=1S/C19H21N7O6/c20-19-24-15-14(17(30)25-19)26-9(7-22-15)6-21-10-2-1-8(5-12(10)26)16(29)23-11(18(31)32)3-4-13(27)28/h1-2,5,9,11,21H,3-4,6-7H2,(H,23,29)(H,27,28)(H,31,32)(H4,20,22,24,25,30)/t9-,11-/m0/s1. The quantitative estimate of drug-likeness (QED) is 0.310. The maximum Gasteiger partial charge on any atom is 0.326 e. The number of aromatic nitrogens is 2. The average Bonchev–Trinajstić information content (AvgIpc) is 2.74. The number of carbonyl (C=O) groups is 3. The highest BCUT2D eigenvalue weighted by molar-refractivity contribution is 5.99. The number of anilines is 5. The van der Waals surface area contributed by atoms with Crippen molar-refractivity contribution in [2.24, 2.45) is 0 Å². The van der Waals surface area contributed by atoms with Crippen molar-refractivity contribution in [3.8, 4) is 0 Å². The lowest BCUT2D eigenvalue weighted by atomic mass is 10.0. The van der Waals surface area contributed by atoms with E-state index in [1.54, 1.807) is 17.0 Å². The van der Waals surface area contributed by atoms with Crippen molar-refractivity contribution >= 4 is 46.7 Å². The van der Waals surface area contributed by atoms with Gasteiger partial charge in [-0.25, -0.2) is 4.79 Å². The van der Waals surface area contributed by atoms with E-state index in [9.17, 15) is 24.3 Å². The minimum absolute atomic E-state index is 0.0238. The molecule has 2 aliphatic rings. The largest absolute Gasteiger partial charge is 0.481 e.